The van der Waals surface area contributed by atoms with Crippen molar-refractivity contribution in [1.82, 2.24) is 9.97 Å². The van der Waals surface area contributed by atoms with Gasteiger partial charge in [-0.25, -0.2) is 4.98 Å². The van der Waals surface area contributed by atoms with E-state index in [2.05, 4.69) is 41.2 Å². The number of nitrogens with zero attached hydrogens (tertiary/aromatic N) is 1. The molecule has 0 atom stereocenters. The first-order valence-electron chi connectivity index (χ1n) is 6.57. The molecule has 18 heavy (non-hydrogen) atoms. The van der Waals surface area contributed by atoms with Gasteiger partial charge in [0, 0.05) is 17.5 Å². The second-order valence-electron chi connectivity index (χ2n) is 5.30. The van der Waals surface area contributed by atoms with Gasteiger partial charge in [0.05, 0.1) is 11.9 Å². The van der Waals surface area contributed by atoms with Gasteiger partial charge in [0.2, 0.25) is 0 Å². The molecule has 0 radical (unpaired) electrons. The molecule has 1 aromatic carbocycles. The van der Waals surface area contributed by atoms with E-state index in [4.69, 9.17) is 5.73 Å². The third-order valence-electron chi connectivity index (χ3n) is 4.21. The molecule has 94 valence electrons. The van der Waals surface area contributed by atoms with Gasteiger partial charge in [-0.05, 0) is 25.3 Å². The van der Waals surface area contributed by atoms with Crippen LogP contribution in [0.2, 0.25) is 0 Å². The van der Waals surface area contributed by atoms with Crippen LogP contribution in [-0.2, 0) is 5.41 Å². The van der Waals surface area contributed by atoms with E-state index >= 15 is 0 Å². The number of benzene rings is 1. The Balaban J connectivity index is 1.97. The van der Waals surface area contributed by atoms with E-state index in [-0.39, 0.29) is 5.41 Å². The average Bonchev–Trinajstić information content (AvgIpc) is 2.79. The van der Waals surface area contributed by atoms with Crippen LogP contribution in [0.25, 0.3) is 11.3 Å². The van der Waals surface area contributed by atoms with Crippen LogP contribution in [-0.4, -0.2) is 16.5 Å². The van der Waals surface area contributed by atoms with Crippen LogP contribution < -0.4 is 5.73 Å². The summed E-state index contributed by atoms with van der Waals surface area (Å²) in [7, 11) is 0. The highest BCUT2D eigenvalue weighted by Gasteiger charge is 2.39. The van der Waals surface area contributed by atoms with Crippen molar-refractivity contribution in [3.05, 3.63) is 41.9 Å². The molecule has 3 heteroatoms. The third kappa shape index (κ3) is 1.66. The Labute approximate surface area is 107 Å². The molecule has 0 aliphatic heterocycles. The molecule has 0 unspecified atom stereocenters. The Morgan fingerprint density at radius 1 is 1.33 bits per heavy atom. The van der Waals surface area contributed by atoms with Gasteiger partial charge in [-0.15, -0.1) is 0 Å². The lowest BCUT2D eigenvalue weighted by molar-refractivity contribution is 0.240. The van der Waals surface area contributed by atoms with E-state index in [0.29, 0.717) is 6.54 Å². The number of hydrogen-bond acceptors (Lipinski definition) is 2. The standard InChI is InChI=1S/C15H19N3/c1-11-5-2-3-6-12(11)13-9-17-14(18-13)15(10-16)7-4-8-15/h2-3,5-6,9H,4,7-8,10,16H2,1H3,(H,17,18). The molecule has 3 rings (SSSR count). The maximum Gasteiger partial charge on any atom is 0.114 e. The number of aromatic nitrogens is 2. The summed E-state index contributed by atoms with van der Waals surface area (Å²) in [6.45, 7) is 2.81. The molecule has 1 aliphatic carbocycles. The minimum Gasteiger partial charge on any atom is -0.341 e. The van der Waals surface area contributed by atoms with Gasteiger partial charge in [0.25, 0.3) is 0 Å². The van der Waals surface area contributed by atoms with Crippen LogP contribution in [0.5, 0.6) is 0 Å². The van der Waals surface area contributed by atoms with Crippen molar-refractivity contribution in [3.63, 3.8) is 0 Å². The van der Waals surface area contributed by atoms with Crippen molar-refractivity contribution >= 4 is 0 Å². The van der Waals surface area contributed by atoms with E-state index in [9.17, 15) is 0 Å². The van der Waals surface area contributed by atoms with E-state index in [0.717, 1.165) is 24.4 Å². The first-order chi connectivity index (χ1) is 8.75. The Hall–Kier alpha value is -1.61. The van der Waals surface area contributed by atoms with Gasteiger partial charge in [-0.1, -0.05) is 30.7 Å². The molecule has 1 aliphatic rings. The molecule has 1 fully saturated rings. The van der Waals surface area contributed by atoms with Gasteiger partial charge in [0.15, 0.2) is 0 Å². The minimum atomic E-state index is 0.112. The predicted molar refractivity (Wildman–Crippen MR) is 73.3 cm³/mol. The van der Waals surface area contributed by atoms with E-state index in [1.165, 1.54) is 17.5 Å². The highest BCUT2D eigenvalue weighted by molar-refractivity contribution is 5.62. The molecule has 0 amide bonds. The summed E-state index contributed by atoms with van der Waals surface area (Å²) < 4.78 is 0. The summed E-state index contributed by atoms with van der Waals surface area (Å²) in [6.07, 6.45) is 5.51. The Morgan fingerprint density at radius 3 is 2.72 bits per heavy atom. The fourth-order valence-corrected chi connectivity index (χ4v) is 2.74. The van der Waals surface area contributed by atoms with Gasteiger partial charge >= 0.3 is 0 Å². The number of aryl methyl sites for hydroxylation is 1. The predicted octanol–water partition coefficient (Wildman–Crippen LogP) is 2.77. The van der Waals surface area contributed by atoms with Crippen molar-refractivity contribution < 1.29 is 0 Å². The zero-order valence-electron chi connectivity index (χ0n) is 10.7. The molecule has 0 saturated heterocycles. The largest absolute Gasteiger partial charge is 0.341 e. The van der Waals surface area contributed by atoms with Crippen LogP contribution in [0.3, 0.4) is 0 Å². The number of rotatable bonds is 3. The zero-order chi connectivity index (χ0) is 12.6. The molecule has 0 bridgehead atoms. The molecule has 2 aromatic rings. The Kier molecular flexibility index (Phi) is 2.71. The maximum absolute atomic E-state index is 5.92. The van der Waals surface area contributed by atoms with Gasteiger partial charge in [0.1, 0.15) is 5.82 Å². The number of aromatic amines is 1. The molecule has 0 spiro atoms. The average molecular weight is 241 g/mol. The first kappa shape index (κ1) is 11.5. The van der Waals surface area contributed by atoms with Crippen molar-refractivity contribution in [2.24, 2.45) is 5.73 Å². The summed E-state index contributed by atoms with van der Waals surface area (Å²) in [6, 6.07) is 8.37. The van der Waals surface area contributed by atoms with E-state index in [1.54, 1.807) is 0 Å². The molecule has 1 heterocycles. The normalized spacial score (nSPS) is 17.4. The smallest absolute Gasteiger partial charge is 0.114 e. The number of H-pyrrole nitrogens is 1. The lowest BCUT2D eigenvalue weighted by Crippen LogP contribution is -2.42. The molecular weight excluding hydrogens is 222 g/mol. The highest BCUT2D eigenvalue weighted by Crippen LogP contribution is 2.41. The lowest BCUT2D eigenvalue weighted by atomic mass is 9.68. The Bertz CT molecular complexity index is 547. The zero-order valence-corrected chi connectivity index (χ0v) is 10.7. The second-order valence-corrected chi connectivity index (χ2v) is 5.30. The quantitative estimate of drug-likeness (QED) is 0.868. The van der Waals surface area contributed by atoms with Crippen LogP contribution in [0.15, 0.2) is 30.5 Å². The fourth-order valence-electron chi connectivity index (χ4n) is 2.74. The SMILES string of the molecule is Cc1ccccc1-c1cnc(C2(CN)CCC2)[nH]1. The van der Waals surface area contributed by atoms with E-state index in [1.807, 2.05) is 6.20 Å². The number of imidazole rings is 1. The lowest BCUT2D eigenvalue weighted by Gasteiger charge is -2.39. The highest BCUT2D eigenvalue weighted by atomic mass is 15.0. The van der Waals surface area contributed by atoms with Crippen molar-refractivity contribution in [3.8, 4) is 11.3 Å². The maximum atomic E-state index is 5.92. The monoisotopic (exact) mass is 241 g/mol. The minimum absolute atomic E-state index is 0.112. The topological polar surface area (TPSA) is 54.7 Å². The molecular formula is C15H19N3. The molecule has 3 N–H and O–H groups in total. The van der Waals surface area contributed by atoms with Crippen LogP contribution in [0, 0.1) is 6.92 Å². The fraction of sp³-hybridized carbons (Fsp3) is 0.400. The molecule has 1 aromatic heterocycles. The summed E-state index contributed by atoms with van der Waals surface area (Å²) in [5.74, 6) is 1.06. The second kappa shape index (κ2) is 4.25. The van der Waals surface area contributed by atoms with Crippen molar-refractivity contribution in [1.29, 1.82) is 0 Å². The van der Waals surface area contributed by atoms with Crippen molar-refractivity contribution in [2.45, 2.75) is 31.6 Å². The molecule has 1 saturated carbocycles. The van der Waals surface area contributed by atoms with E-state index < -0.39 is 0 Å². The summed E-state index contributed by atoms with van der Waals surface area (Å²) >= 11 is 0. The summed E-state index contributed by atoms with van der Waals surface area (Å²) in [5, 5.41) is 0. The Morgan fingerprint density at radius 2 is 2.11 bits per heavy atom. The first-order valence-corrected chi connectivity index (χ1v) is 6.57. The molecule has 3 nitrogen and oxygen atoms in total. The van der Waals surface area contributed by atoms with Gasteiger partial charge < -0.3 is 10.7 Å². The number of hydrogen-bond donors (Lipinski definition) is 2. The number of nitrogens with two attached hydrogens (primary N) is 1. The van der Waals surface area contributed by atoms with Crippen LogP contribution >= 0.6 is 0 Å². The summed E-state index contributed by atoms with van der Waals surface area (Å²) in [5.41, 5.74) is 9.62. The van der Waals surface area contributed by atoms with Gasteiger partial charge in [-0.2, -0.15) is 0 Å². The third-order valence-corrected chi connectivity index (χ3v) is 4.21. The number of nitrogens with one attached hydrogen (secondary N) is 1. The van der Waals surface area contributed by atoms with Crippen LogP contribution in [0.1, 0.15) is 30.7 Å². The van der Waals surface area contributed by atoms with Crippen molar-refractivity contribution in [2.75, 3.05) is 6.54 Å². The van der Waals surface area contributed by atoms with Crippen LogP contribution in [0.4, 0.5) is 0 Å². The van der Waals surface area contributed by atoms with Gasteiger partial charge in [-0.3, -0.25) is 0 Å². The summed E-state index contributed by atoms with van der Waals surface area (Å²) in [4.78, 5) is 8.04.